The van der Waals surface area contributed by atoms with E-state index in [4.69, 9.17) is 4.74 Å². The number of pyridine rings is 1. The molecule has 158 valence electrons. The molecule has 1 N–H and O–H groups in total. The monoisotopic (exact) mass is 422 g/mol. The maximum atomic E-state index is 12.2. The lowest BCUT2D eigenvalue weighted by atomic mass is 10.1. The van der Waals surface area contributed by atoms with Crippen molar-refractivity contribution in [1.82, 2.24) is 25.1 Å². The molecule has 0 radical (unpaired) electrons. The normalized spacial score (nSPS) is 15.5. The fourth-order valence-corrected chi connectivity index (χ4v) is 3.45. The van der Waals surface area contributed by atoms with Gasteiger partial charge in [0.05, 0.1) is 0 Å². The first-order valence-electron chi connectivity index (χ1n) is 9.26. The number of anilines is 1. The quantitative estimate of drug-likeness (QED) is 0.792. The molecular weight excluding hydrogens is 396 g/mol. The molecule has 0 bridgehead atoms. The van der Waals surface area contributed by atoms with Crippen molar-refractivity contribution < 1.29 is 17.9 Å². The highest BCUT2D eigenvalue weighted by molar-refractivity contribution is 7.90. The second kappa shape index (κ2) is 7.62. The lowest BCUT2D eigenvalue weighted by Crippen LogP contribution is -2.50. The Kier molecular flexibility index (Phi) is 5.52. The molecule has 3 heterocycles. The Morgan fingerprint density at radius 3 is 2.38 bits per heavy atom. The minimum Gasteiger partial charge on any atom is -0.444 e. The second-order valence-corrected chi connectivity index (χ2v) is 9.99. The van der Waals surface area contributed by atoms with Crippen LogP contribution in [0.4, 0.5) is 10.6 Å². The van der Waals surface area contributed by atoms with Gasteiger partial charge in [-0.2, -0.15) is 10.1 Å². The Labute approximate surface area is 170 Å². The zero-order valence-corrected chi connectivity index (χ0v) is 18.1. The summed E-state index contributed by atoms with van der Waals surface area (Å²) in [6.07, 6.45) is 2.39. The summed E-state index contributed by atoms with van der Waals surface area (Å²) in [5, 5.41) is 6.23. The van der Waals surface area contributed by atoms with Crippen LogP contribution in [0.1, 0.15) is 26.3 Å². The molecule has 0 spiro atoms. The van der Waals surface area contributed by atoms with Crippen LogP contribution in [-0.4, -0.2) is 77.6 Å². The number of aromatic amines is 1. The van der Waals surface area contributed by atoms with Crippen molar-refractivity contribution in [2.45, 2.75) is 38.5 Å². The number of hydrogen-bond acceptors (Lipinski definition) is 8. The van der Waals surface area contributed by atoms with E-state index in [0.717, 1.165) is 17.6 Å². The Balaban J connectivity index is 1.69. The number of nitrogens with zero attached hydrogens (tertiary/aromatic N) is 5. The van der Waals surface area contributed by atoms with Crippen LogP contribution < -0.4 is 4.90 Å². The predicted octanol–water partition coefficient (Wildman–Crippen LogP) is 1.64. The zero-order valence-electron chi connectivity index (χ0n) is 17.3. The number of carbonyl (C=O) groups is 1. The number of sulfone groups is 1. The van der Waals surface area contributed by atoms with Gasteiger partial charge >= 0.3 is 6.09 Å². The van der Waals surface area contributed by atoms with Gasteiger partial charge in [-0.3, -0.25) is 0 Å². The molecule has 0 aromatic carbocycles. The van der Waals surface area contributed by atoms with Gasteiger partial charge in [-0.25, -0.2) is 23.3 Å². The van der Waals surface area contributed by atoms with E-state index >= 15 is 0 Å². The molecule has 29 heavy (non-hydrogen) atoms. The molecule has 1 amide bonds. The van der Waals surface area contributed by atoms with Crippen molar-refractivity contribution >= 4 is 21.7 Å². The number of nitrogens with one attached hydrogen (secondary N) is 1. The van der Waals surface area contributed by atoms with E-state index in [2.05, 4.69) is 25.1 Å². The number of carbonyl (C=O) groups excluding carboxylic acids is 1. The number of H-pyrrole nitrogens is 1. The van der Waals surface area contributed by atoms with Crippen molar-refractivity contribution in [2.24, 2.45) is 0 Å². The topological polar surface area (TPSA) is 121 Å². The molecular formula is C18H26N6O4S. The van der Waals surface area contributed by atoms with Crippen LogP contribution in [0.25, 0.3) is 11.4 Å². The van der Waals surface area contributed by atoms with Crippen LogP contribution in [0.15, 0.2) is 17.4 Å². The third kappa shape index (κ3) is 5.03. The Hall–Kier alpha value is -2.69. The number of amides is 1. The minimum atomic E-state index is -3.45. The first-order valence-corrected chi connectivity index (χ1v) is 11.2. The lowest BCUT2D eigenvalue weighted by molar-refractivity contribution is 0.0240. The highest BCUT2D eigenvalue weighted by Gasteiger charge is 2.27. The molecule has 11 heteroatoms. The summed E-state index contributed by atoms with van der Waals surface area (Å²) < 4.78 is 28.6. The van der Waals surface area contributed by atoms with E-state index in [1.54, 1.807) is 11.1 Å². The van der Waals surface area contributed by atoms with Crippen molar-refractivity contribution in [3.8, 4) is 11.4 Å². The van der Waals surface area contributed by atoms with E-state index in [1.165, 1.54) is 0 Å². The maximum Gasteiger partial charge on any atom is 0.410 e. The van der Waals surface area contributed by atoms with Crippen molar-refractivity contribution in [3.63, 3.8) is 0 Å². The number of hydrogen-bond donors (Lipinski definition) is 1. The molecule has 1 aliphatic heterocycles. The van der Waals surface area contributed by atoms with E-state index in [1.807, 2.05) is 33.8 Å². The standard InChI is InChI=1S/C18H26N6O4S/c1-12-10-13(14-20-16(22-21-14)29(5,26)27)11-19-15(12)23-6-8-24(9-7-23)17(25)28-18(2,3)4/h10-11H,6-9H2,1-5H3,(H,20,21,22). The fraction of sp³-hybridized carbons (Fsp3) is 0.556. The molecule has 0 atom stereocenters. The van der Waals surface area contributed by atoms with E-state index in [9.17, 15) is 13.2 Å². The Morgan fingerprint density at radius 2 is 1.86 bits per heavy atom. The Morgan fingerprint density at radius 1 is 1.21 bits per heavy atom. The van der Waals surface area contributed by atoms with Gasteiger partial charge in [0.1, 0.15) is 11.4 Å². The van der Waals surface area contributed by atoms with E-state index in [-0.39, 0.29) is 17.1 Å². The SMILES string of the molecule is Cc1cc(-c2n[nH]c(S(C)(=O)=O)n2)cnc1N1CCN(C(=O)OC(C)(C)C)CC1. The average Bonchev–Trinajstić information content (AvgIpc) is 3.11. The number of piperazine rings is 1. The van der Waals surface area contributed by atoms with Gasteiger partial charge in [0.15, 0.2) is 5.82 Å². The molecule has 3 rings (SSSR count). The zero-order chi connectivity index (χ0) is 21.4. The molecule has 10 nitrogen and oxygen atoms in total. The van der Waals surface area contributed by atoms with Gasteiger partial charge in [-0.15, -0.1) is 0 Å². The van der Waals surface area contributed by atoms with Gasteiger partial charge < -0.3 is 14.5 Å². The fourth-order valence-electron chi connectivity index (χ4n) is 2.99. The average molecular weight is 423 g/mol. The number of aryl methyl sites for hydroxylation is 1. The van der Waals surface area contributed by atoms with Gasteiger partial charge in [0.25, 0.3) is 0 Å². The largest absolute Gasteiger partial charge is 0.444 e. The Bertz CT molecular complexity index is 1000. The molecule has 0 saturated carbocycles. The summed E-state index contributed by atoms with van der Waals surface area (Å²) in [4.78, 5) is 24.6. The highest BCUT2D eigenvalue weighted by atomic mass is 32.2. The van der Waals surface area contributed by atoms with Crippen LogP contribution in [0.2, 0.25) is 0 Å². The van der Waals surface area contributed by atoms with Crippen LogP contribution in [0, 0.1) is 6.92 Å². The minimum absolute atomic E-state index is 0.174. The molecule has 0 aliphatic carbocycles. The summed E-state index contributed by atoms with van der Waals surface area (Å²) in [7, 11) is -3.45. The van der Waals surface area contributed by atoms with E-state index in [0.29, 0.717) is 31.7 Å². The highest BCUT2D eigenvalue weighted by Crippen LogP contribution is 2.24. The molecule has 2 aromatic rings. The van der Waals surface area contributed by atoms with Gasteiger partial charge in [-0.05, 0) is 39.3 Å². The maximum absolute atomic E-state index is 12.2. The van der Waals surface area contributed by atoms with Crippen LogP contribution in [0.3, 0.4) is 0 Å². The summed E-state index contributed by atoms with van der Waals surface area (Å²) in [6, 6.07) is 1.87. The lowest BCUT2D eigenvalue weighted by Gasteiger charge is -2.36. The van der Waals surface area contributed by atoms with Gasteiger partial charge in [0.2, 0.25) is 15.0 Å². The van der Waals surface area contributed by atoms with Crippen molar-refractivity contribution in [2.75, 3.05) is 37.3 Å². The molecule has 1 fully saturated rings. The number of ether oxygens (including phenoxy) is 1. The summed E-state index contributed by atoms with van der Waals surface area (Å²) in [5.74, 6) is 1.10. The summed E-state index contributed by atoms with van der Waals surface area (Å²) >= 11 is 0. The smallest absolute Gasteiger partial charge is 0.410 e. The first-order chi connectivity index (χ1) is 13.4. The second-order valence-electron chi connectivity index (χ2n) is 8.06. The predicted molar refractivity (Wildman–Crippen MR) is 107 cm³/mol. The molecule has 2 aromatic heterocycles. The number of rotatable bonds is 3. The first kappa shape index (κ1) is 21.0. The third-order valence-corrected chi connectivity index (χ3v) is 5.24. The van der Waals surface area contributed by atoms with Crippen LogP contribution in [-0.2, 0) is 14.6 Å². The van der Waals surface area contributed by atoms with Crippen LogP contribution >= 0.6 is 0 Å². The molecule has 1 saturated heterocycles. The van der Waals surface area contributed by atoms with Crippen LogP contribution in [0.5, 0.6) is 0 Å². The van der Waals surface area contributed by atoms with Gasteiger partial charge in [-0.1, -0.05) is 0 Å². The summed E-state index contributed by atoms with van der Waals surface area (Å²) in [5.41, 5.74) is 1.03. The van der Waals surface area contributed by atoms with E-state index < -0.39 is 15.4 Å². The van der Waals surface area contributed by atoms with Gasteiger partial charge in [0, 0.05) is 44.2 Å². The van der Waals surface area contributed by atoms with Crippen molar-refractivity contribution in [3.05, 3.63) is 17.8 Å². The summed E-state index contributed by atoms with van der Waals surface area (Å²) in [6.45, 7) is 9.87. The molecule has 1 aliphatic rings. The molecule has 0 unspecified atom stereocenters. The third-order valence-electron chi connectivity index (χ3n) is 4.36. The number of aromatic nitrogens is 4. The van der Waals surface area contributed by atoms with Crippen molar-refractivity contribution in [1.29, 1.82) is 0 Å².